The molecule has 6 heteroatoms. The van der Waals surface area contributed by atoms with Gasteiger partial charge < -0.3 is 16.0 Å². The molecule has 5 nitrogen and oxygen atoms in total. The summed E-state index contributed by atoms with van der Waals surface area (Å²) in [6.45, 7) is 1.88. The molecule has 0 fully saturated rings. The number of urea groups is 1. The fourth-order valence-corrected chi connectivity index (χ4v) is 1.30. The van der Waals surface area contributed by atoms with Crippen LogP contribution in [0.1, 0.15) is 17.3 Å². The van der Waals surface area contributed by atoms with Gasteiger partial charge in [-0.15, -0.1) is 5.92 Å². The highest BCUT2D eigenvalue weighted by Crippen LogP contribution is 2.14. The predicted octanol–water partition coefficient (Wildman–Crippen LogP) is 1.33. The van der Waals surface area contributed by atoms with Crippen molar-refractivity contribution in [1.29, 1.82) is 0 Å². The Morgan fingerprint density at radius 2 is 2.11 bits per heavy atom. The van der Waals surface area contributed by atoms with Crippen LogP contribution in [-0.4, -0.2) is 25.5 Å². The smallest absolute Gasteiger partial charge is 0.319 e. The van der Waals surface area contributed by atoms with E-state index in [0.717, 1.165) is 6.07 Å². The third kappa shape index (κ3) is 4.32. The van der Waals surface area contributed by atoms with Gasteiger partial charge in [0.1, 0.15) is 5.82 Å². The Labute approximate surface area is 110 Å². The maximum Gasteiger partial charge on any atom is 0.319 e. The molecule has 100 valence electrons. The SMILES string of the molecule is CC#CCNC(=O)Nc1ccc(F)c(C(=O)NC)c1. The molecule has 3 N–H and O–H groups in total. The molecule has 0 spiro atoms. The van der Waals surface area contributed by atoms with Crippen molar-refractivity contribution in [3.63, 3.8) is 0 Å². The van der Waals surface area contributed by atoms with E-state index < -0.39 is 17.8 Å². The minimum atomic E-state index is -0.651. The van der Waals surface area contributed by atoms with E-state index in [2.05, 4.69) is 27.8 Å². The second kappa shape index (κ2) is 7.01. The molecule has 0 heterocycles. The fraction of sp³-hybridized carbons (Fsp3) is 0.231. The van der Waals surface area contributed by atoms with Gasteiger partial charge in [-0.25, -0.2) is 9.18 Å². The van der Waals surface area contributed by atoms with Gasteiger partial charge in [0, 0.05) is 12.7 Å². The van der Waals surface area contributed by atoms with Gasteiger partial charge in [-0.3, -0.25) is 4.79 Å². The second-order valence-electron chi connectivity index (χ2n) is 3.51. The molecule has 0 bridgehead atoms. The van der Waals surface area contributed by atoms with Gasteiger partial charge in [0.15, 0.2) is 0 Å². The highest BCUT2D eigenvalue weighted by molar-refractivity contribution is 5.97. The lowest BCUT2D eigenvalue weighted by atomic mass is 10.1. The lowest BCUT2D eigenvalue weighted by Gasteiger charge is -2.08. The molecule has 0 unspecified atom stereocenters. The first-order valence-electron chi connectivity index (χ1n) is 5.54. The van der Waals surface area contributed by atoms with Gasteiger partial charge in [-0.2, -0.15) is 0 Å². The summed E-state index contributed by atoms with van der Waals surface area (Å²) in [7, 11) is 1.40. The zero-order chi connectivity index (χ0) is 14.3. The number of anilines is 1. The van der Waals surface area contributed by atoms with Crippen molar-refractivity contribution in [1.82, 2.24) is 10.6 Å². The monoisotopic (exact) mass is 263 g/mol. The van der Waals surface area contributed by atoms with Crippen molar-refractivity contribution in [3.8, 4) is 11.8 Å². The molecule has 1 rings (SSSR count). The molecule has 0 atom stereocenters. The number of carbonyl (C=O) groups excluding carboxylic acids is 2. The number of halogens is 1. The van der Waals surface area contributed by atoms with Gasteiger partial charge >= 0.3 is 6.03 Å². The summed E-state index contributed by atoms with van der Waals surface area (Å²) in [5.41, 5.74) is 0.190. The second-order valence-corrected chi connectivity index (χ2v) is 3.51. The number of rotatable bonds is 3. The molecule has 0 saturated heterocycles. The Morgan fingerprint density at radius 3 is 2.74 bits per heavy atom. The van der Waals surface area contributed by atoms with Crippen LogP contribution in [0.2, 0.25) is 0 Å². The van der Waals surface area contributed by atoms with E-state index in [4.69, 9.17) is 0 Å². The molecule has 0 aliphatic rings. The zero-order valence-corrected chi connectivity index (χ0v) is 10.6. The Bertz CT molecular complexity index is 547. The van der Waals surface area contributed by atoms with Gasteiger partial charge in [0.05, 0.1) is 12.1 Å². The third-order valence-electron chi connectivity index (χ3n) is 2.21. The van der Waals surface area contributed by atoms with Gasteiger partial charge in [-0.1, -0.05) is 5.92 Å². The van der Waals surface area contributed by atoms with Crippen LogP contribution in [0.4, 0.5) is 14.9 Å². The summed E-state index contributed by atoms with van der Waals surface area (Å²) < 4.78 is 13.4. The molecule has 19 heavy (non-hydrogen) atoms. The maximum absolute atomic E-state index is 13.4. The normalized spacial score (nSPS) is 9.00. The first kappa shape index (κ1) is 14.5. The topological polar surface area (TPSA) is 70.2 Å². The largest absolute Gasteiger partial charge is 0.355 e. The molecule has 3 amide bonds. The van der Waals surface area contributed by atoms with Crippen LogP contribution in [0.15, 0.2) is 18.2 Å². The Balaban J connectivity index is 2.76. The van der Waals surface area contributed by atoms with E-state index in [-0.39, 0.29) is 12.1 Å². The number of carbonyl (C=O) groups is 2. The number of hydrogen-bond acceptors (Lipinski definition) is 2. The van der Waals surface area contributed by atoms with Gasteiger partial charge in [0.2, 0.25) is 0 Å². The fourth-order valence-electron chi connectivity index (χ4n) is 1.30. The molecular formula is C13H14FN3O2. The Kier molecular flexibility index (Phi) is 5.35. The molecular weight excluding hydrogens is 249 g/mol. The molecule has 1 aromatic rings. The van der Waals surface area contributed by atoms with Crippen molar-refractivity contribution in [2.75, 3.05) is 18.9 Å². The Hall–Kier alpha value is -2.55. The molecule has 0 aromatic heterocycles. The minimum absolute atomic E-state index is 0.131. The summed E-state index contributed by atoms with van der Waals surface area (Å²) in [5.74, 6) is 4.09. The number of benzene rings is 1. The first-order chi connectivity index (χ1) is 9.08. The molecule has 0 saturated carbocycles. The highest BCUT2D eigenvalue weighted by Gasteiger charge is 2.11. The van der Waals surface area contributed by atoms with E-state index in [1.54, 1.807) is 6.92 Å². The van der Waals surface area contributed by atoms with Crippen LogP contribution in [0, 0.1) is 17.7 Å². The average molecular weight is 263 g/mol. The highest BCUT2D eigenvalue weighted by atomic mass is 19.1. The average Bonchev–Trinajstić information content (AvgIpc) is 2.40. The number of hydrogen-bond donors (Lipinski definition) is 3. The van der Waals surface area contributed by atoms with Gasteiger partial charge in [0.25, 0.3) is 5.91 Å². The van der Waals surface area contributed by atoms with Crippen LogP contribution in [0.5, 0.6) is 0 Å². The van der Waals surface area contributed by atoms with Crippen molar-refractivity contribution in [3.05, 3.63) is 29.6 Å². The summed E-state index contributed by atoms with van der Waals surface area (Å²) >= 11 is 0. The van der Waals surface area contributed by atoms with E-state index >= 15 is 0 Å². The summed E-state index contributed by atoms with van der Waals surface area (Å²) in [5, 5.41) is 7.29. The van der Waals surface area contributed by atoms with Crippen LogP contribution in [0.3, 0.4) is 0 Å². The maximum atomic E-state index is 13.4. The van der Waals surface area contributed by atoms with E-state index in [0.29, 0.717) is 5.69 Å². The van der Waals surface area contributed by atoms with Crippen LogP contribution in [0.25, 0.3) is 0 Å². The van der Waals surface area contributed by atoms with Crippen LogP contribution < -0.4 is 16.0 Å². The minimum Gasteiger partial charge on any atom is -0.355 e. The van der Waals surface area contributed by atoms with E-state index in [1.807, 2.05) is 0 Å². The third-order valence-corrected chi connectivity index (χ3v) is 2.21. The zero-order valence-electron chi connectivity index (χ0n) is 10.6. The Morgan fingerprint density at radius 1 is 1.37 bits per heavy atom. The summed E-state index contributed by atoms with van der Waals surface area (Å²) in [6, 6.07) is 3.27. The van der Waals surface area contributed by atoms with Crippen molar-refractivity contribution in [2.45, 2.75) is 6.92 Å². The van der Waals surface area contributed by atoms with Crippen LogP contribution >= 0.6 is 0 Å². The first-order valence-corrected chi connectivity index (χ1v) is 5.54. The molecule has 0 radical (unpaired) electrons. The van der Waals surface area contributed by atoms with Gasteiger partial charge in [-0.05, 0) is 25.1 Å². The quantitative estimate of drug-likeness (QED) is 0.720. The van der Waals surface area contributed by atoms with E-state index in [1.165, 1.54) is 19.2 Å². The van der Waals surface area contributed by atoms with Crippen molar-refractivity contribution < 1.29 is 14.0 Å². The summed E-state index contributed by atoms with van der Waals surface area (Å²) in [4.78, 5) is 22.8. The molecule has 0 aliphatic carbocycles. The molecule has 1 aromatic carbocycles. The standard InChI is InChI=1S/C13H14FN3O2/c1-3-4-7-16-13(19)17-9-5-6-11(14)10(8-9)12(18)15-2/h5-6,8H,7H2,1-2H3,(H,15,18)(H2,16,17,19). The predicted molar refractivity (Wildman–Crippen MR) is 70.3 cm³/mol. The van der Waals surface area contributed by atoms with Crippen LogP contribution in [-0.2, 0) is 0 Å². The summed E-state index contributed by atoms with van der Waals surface area (Å²) in [6.07, 6.45) is 0. The lowest BCUT2D eigenvalue weighted by molar-refractivity contribution is 0.0959. The number of nitrogens with one attached hydrogen (secondary N) is 3. The van der Waals surface area contributed by atoms with E-state index in [9.17, 15) is 14.0 Å². The molecule has 0 aliphatic heterocycles. The lowest BCUT2D eigenvalue weighted by Crippen LogP contribution is -2.29. The van der Waals surface area contributed by atoms with Crippen molar-refractivity contribution >= 4 is 17.6 Å². The number of amides is 3. The van der Waals surface area contributed by atoms with Crippen molar-refractivity contribution in [2.24, 2.45) is 0 Å².